The normalized spacial score (nSPS) is 16.2. The minimum atomic E-state index is -0.498. The first kappa shape index (κ1) is 19.6. The number of terminal acetylenes is 1. The van der Waals surface area contributed by atoms with E-state index in [1.807, 2.05) is 36.4 Å². The molecule has 1 aliphatic carbocycles. The van der Waals surface area contributed by atoms with Crippen LogP contribution in [-0.4, -0.2) is 17.3 Å². The van der Waals surface area contributed by atoms with Gasteiger partial charge in [0.2, 0.25) is 12.7 Å². The zero-order chi connectivity index (χ0) is 21.8. The molecule has 0 unspecified atom stereocenters. The highest BCUT2D eigenvalue weighted by Crippen LogP contribution is 2.51. The molecule has 158 valence electrons. The van der Waals surface area contributed by atoms with E-state index in [4.69, 9.17) is 15.9 Å². The van der Waals surface area contributed by atoms with Gasteiger partial charge in [-0.3, -0.25) is 4.79 Å². The molecule has 1 amide bonds. The number of hydrogen-bond donors (Lipinski definition) is 1. The molecule has 0 radical (unpaired) electrons. The molecule has 0 spiro atoms. The number of benzene rings is 2. The van der Waals surface area contributed by atoms with Crippen molar-refractivity contribution in [2.24, 2.45) is 0 Å². The fraction of sp³-hybridized carbons (Fsp3) is 0.346. The van der Waals surface area contributed by atoms with Crippen LogP contribution in [0.5, 0.6) is 11.5 Å². The Balaban J connectivity index is 1.44. The number of ether oxygens (including phenoxy) is 2. The van der Waals surface area contributed by atoms with Gasteiger partial charge in [-0.25, -0.2) is 0 Å². The fourth-order valence-electron chi connectivity index (χ4n) is 4.45. The van der Waals surface area contributed by atoms with Crippen molar-refractivity contribution in [1.29, 1.82) is 0 Å². The van der Waals surface area contributed by atoms with Gasteiger partial charge in [-0.15, -0.1) is 6.42 Å². The summed E-state index contributed by atoms with van der Waals surface area (Å²) in [6.07, 6.45) is 7.27. The molecule has 3 aromatic rings. The summed E-state index contributed by atoms with van der Waals surface area (Å²) in [7, 11) is 0. The highest BCUT2D eigenvalue weighted by Gasteiger charge is 2.51. The molecule has 1 N–H and O–H groups in total. The quantitative estimate of drug-likeness (QED) is 0.613. The molecule has 0 atom stereocenters. The third kappa shape index (κ3) is 3.23. The van der Waals surface area contributed by atoms with Gasteiger partial charge in [-0.05, 0) is 54.8 Å². The molecule has 0 bridgehead atoms. The summed E-state index contributed by atoms with van der Waals surface area (Å²) in [6.45, 7) is 7.29. The van der Waals surface area contributed by atoms with Crippen LogP contribution in [0, 0.1) is 12.3 Å². The number of carbonyl (C=O) groups excluding carboxylic acids is 1. The van der Waals surface area contributed by atoms with E-state index in [0.717, 1.165) is 40.7 Å². The van der Waals surface area contributed by atoms with Gasteiger partial charge in [0.05, 0.1) is 12.0 Å². The molecule has 2 aliphatic rings. The molecule has 1 saturated carbocycles. The van der Waals surface area contributed by atoms with Crippen molar-refractivity contribution in [2.75, 3.05) is 12.1 Å². The second-order valence-electron chi connectivity index (χ2n) is 9.45. The minimum Gasteiger partial charge on any atom is -0.454 e. The standard InChI is InChI=1S/C26H26N2O3/c1-5-12-28-20-8-7-19(13-17(20)14-23(28)25(2,3)4)27-24(29)26(10-11-26)18-6-9-21-22(15-18)31-16-30-21/h1,6-9,13-15H,10-12,16H2,2-4H3,(H,27,29). The van der Waals surface area contributed by atoms with E-state index in [0.29, 0.717) is 12.3 Å². The Kier molecular flexibility index (Phi) is 4.30. The summed E-state index contributed by atoms with van der Waals surface area (Å²) in [4.78, 5) is 13.3. The van der Waals surface area contributed by atoms with E-state index in [1.54, 1.807) is 0 Å². The van der Waals surface area contributed by atoms with E-state index < -0.39 is 5.41 Å². The summed E-state index contributed by atoms with van der Waals surface area (Å²) >= 11 is 0. The number of nitrogens with one attached hydrogen (secondary N) is 1. The van der Waals surface area contributed by atoms with Crippen LogP contribution in [0.1, 0.15) is 44.9 Å². The number of anilines is 1. The number of fused-ring (bicyclic) bond motifs is 2. The van der Waals surface area contributed by atoms with Crippen molar-refractivity contribution in [3.8, 4) is 23.8 Å². The number of hydrogen-bond acceptors (Lipinski definition) is 3. The van der Waals surface area contributed by atoms with Crippen LogP contribution in [-0.2, 0) is 22.2 Å². The van der Waals surface area contributed by atoms with Crippen LogP contribution in [0.4, 0.5) is 5.69 Å². The van der Waals surface area contributed by atoms with Crippen LogP contribution >= 0.6 is 0 Å². The highest BCUT2D eigenvalue weighted by atomic mass is 16.7. The number of carbonyl (C=O) groups is 1. The van der Waals surface area contributed by atoms with Crippen molar-refractivity contribution in [2.45, 2.75) is 51.0 Å². The monoisotopic (exact) mass is 414 g/mol. The molecule has 2 aromatic carbocycles. The van der Waals surface area contributed by atoms with E-state index in [-0.39, 0.29) is 18.1 Å². The third-order valence-corrected chi connectivity index (χ3v) is 6.29. The van der Waals surface area contributed by atoms with Crippen molar-refractivity contribution in [3.63, 3.8) is 0 Å². The topological polar surface area (TPSA) is 52.5 Å². The van der Waals surface area contributed by atoms with E-state index >= 15 is 0 Å². The molecule has 5 heteroatoms. The lowest BCUT2D eigenvalue weighted by molar-refractivity contribution is -0.118. The van der Waals surface area contributed by atoms with Gasteiger partial charge in [-0.2, -0.15) is 0 Å². The number of rotatable bonds is 4. The average Bonchev–Trinajstić information content (AvgIpc) is 3.27. The maximum atomic E-state index is 13.3. The van der Waals surface area contributed by atoms with E-state index in [9.17, 15) is 4.79 Å². The molecule has 0 saturated heterocycles. The fourth-order valence-corrected chi connectivity index (χ4v) is 4.45. The van der Waals surface area contributed by atoms with Gasteiger partial charge in [0.15, 0.2) is 11.5 Å². The predicted octanol–water partition coefficient (Wildman–Crippen LogP) is 4.97. The lowest BCUT2D eigenvalue weighted by Crippen LogP contribution is -2.27. The van der Waals surface area contributed by atoms with Crippen LogP contribution in [0.2, 0.25) is 0 Å². The Labute approximate surface area is 182 Å². The molecule has 5 rings (SSSR count). The maximum absolute atomic E-state index is 13.3. The summed E-state index contributed by atoms with van der Waals surface area (Å²) < 4.78 is 13.1. The van der Waals surface area contributed by atoms with Crippen LogP contribution in [0.25, 0.3) is 10.9 Å². The zero-order valence-electron chi connectivity index (χ0n) is 18.1. The summed E-state index contributed by atoms with van der Waals surface area (Å²) in [5.41, 5.74) is 3.51. The summed E-state index contributed by atoms with van der Waals surface area (Å²) in [6, 6.07) is 14.0. The second-order valence-corrected chi connectivity index (χ2v) is 9.45. The van der Waals surface area contributed by atoms with Crippen LogP contribution in [0.3, 0.4) is 0 Å². The number of nitrogens with zero attached hydrogens (tertiary/aromatic N) is 1. The lowest BCUT2D eigenvalue weighted by atomic mass is 9.92. The van der Waals surface area contributed by atoms with Crippen LogP contribution in [0.15, 0.2) is 42.5 Å². The Morgan fingerprint density at radius 1 is 1.13 bits per heavy atom. The predicted molar refractivity (Wildman–Crippen MR) is 122 cm³/mol. The molecule has 2 heterocycles. The first-order valence-corrected chi connectivity index (χ1v) is 10.6. The van der Waals surface area contributed by atoms with E-state index in [2.05, 4.69) is 42.6 Å². The SMILES string of the molecule is C#CCn1c(C(C)(C)C)cc2cc(NC(=O)C3(c4ccc5c(c4)OCO5)CC3)ccc21. The van der Waals surface area contributed by atoms with Crippen molar-refractivity contribution >= 4 is 22.5 Å². The minimum absolute atomic E-state index is 0.0183. The van der Waals surface area contributed by atoms with Crippen molar-refractivity contribution in [3.05, 3.63) is 53.7 Å². The first-order valence-electron chi connectivity index (χ1n) is 10.6. The molecular formula is C26H26N2O3. The highest BCUT2D eigenvalue weighted by molar-refractivity contribution is 6.02. The van der Waals surface area contributed by atoms with Gasteiger partial charge < -0.3 is 19.4 Å². The van der Waals surface area contributed by atoms with Gasteiger partial charge in [0, 0.05) is 27.7 Å². The number of aromatic nitrogens is 1. The lowest BCUT2D eigenvalue weighted by Gasteiger charge is -2.21. The molecule has 31 heavy (non-hydrogen) atoms. The molecule has 1 aromatic heterocycles. The summed E-state index contributed by atoms with van der Waals surface area (Å²) in [5.74, 6) is 4.22. The Hall–Kier alpha value is -3.39. The van der Waals surface area contributed by atoms with Gasteiger partial charge >= 0.3 is 0 Å². The van der Waals surface area contributed by atoms with Gasteiger partial charge in [0.1, 0.15) is 0 Å². The zero-order valence-corrected chi connectivity index (χ0v) is 18.1. The Bertz CT molecular complexity index is 1240. The average molecular weight is 415 g/mol. The third-order valence-electron chi connectivity index (χ3n) is 6.29. The first-order chi connectivity index (χ1) is 14.8. The van der Waals surface area contributed by atoms with E-state index in [1.165, 1.54) is 5.69 Å². The Morgan fingerprint density at radius 3 is 2.61 bits per heavy atom. The molecule has 1 aliphatic heterocycles. The summed E-state index contributed by atoms with van der Waals surface area (Å²) in [5, 5.41) is 4.22. The molecular weight excluding hydrogens is 388 g/mol. The second kappa shape index (κ2) is 6.81. The van der Waals surface area contributed by atoms with Crippen molar-refractivity contribution < 1.29 is 14.3 Å². The molecule has 1 fully saturated rings. The Morgan fingerprint density at radius 2 is 1.90 bits per heavy atom. The van der Waals surface area contributed by atoms with Gasteiger partial charge in [-0.1, -0.05) is 32.8 Å². The maximum Gasteiger partial charge on any atom is 0.235 e. The van der Waals surface area contributed by atoms with Crippen molar-refractivity contribution in [1.82, 2.24) is 4.57 Å². The molecule has 5 nitrogen and oxygen atoms in total. The largest absolute Gasteiger partial charge is 0.454 e. The van der Waals surface area contributed by atoms with Gasteiger partial charge in [0.25, 0.3) is 0 Å². The number of amides is 1. The smallest absolute Gasteiger partial charge is 0.235 e. The van der Waals surface area contributed by atoms with Crippen LogP contribution < -0.4 is 14.8 Å².